The van der Waals surface area contributed by atoms with Crippen LogP contribution in [-0.2, 0) is 11.2 Å². The molecule has 2 aromatic rings. The summed E-state index contributed by atoms with van der Waals surface area (Å²) in [5.41, 5.74) is 2.08. The molecule has 0 fully saturated rings. The number of nitriles is 2. The van der Waals surface area contributed by atoms with Crippen LogP contribution in [0.15, 0.2) is 48.5 Å². The molecule has 0 saturated heterocycles. The van der Waals surface area contributed by atoms with E-state index in [0.29, 0.717) is 23.4 Å². The first-order valence-electron chi connectivity index (χ1n) is 7.06. The Balaban J connectivity index is 1.94. The number of anilines is 1. The van der Waals surface area contributed by atoms with Crippen molar-refractivity contribution in [3.05, 3.63) is 59.7 Å². The zero-order valence-electron chi connectivity index (χ0n) is 12.6. The fraction of sp³-hybridized carbons (Fsp3) is 0.167. The standard InChI is InChI=1S/C18H15N3O2/c1-13(23-17-8-4-15(12-20)5-9-17)18(22)21-16-6-2-14(3-7-16)10-11-19/h2-9,13H,10H2,1H3,(H,21,22)/t13-/m0/s1. The first kappa shape index (κ1) is 16.1. The molecular formula is C18H15N3O2. The number of nitrogens with one attached hydrogen (secondary N) is 1. The largest absolute Gasteiger partial charge is 0.481 e. The van der Waals surface area contributed by atoms with Crippen molar-refractivity contribution in [1.82, 2.24) is 0 Å². The topological polar surface area (TPSA) is 85.9 Å². The molecule has 0 aromatic heterocycles. The molecule has 1 atom stereocenters. The summed E-state index contributed by atoms with van der Waals surface area (Å²) in [5, 5.41) is 20.1. The van der Waals surface area contributed by atoms with Crippen molar-refractivity contribution in [1.29, 1.82) is 10.5 Å². The van der Waals surface area contributed by atoms with Crippen LogP contribution in [0.2, 0.25) is 0 Å². The zero-order chi connectivity index (χ0) is 16.7. The summed E-state index contributed by atoms with van der Waals surface area (Å²) >= 11 is 0. The molecule has 0 aliphatic carbocycles. The monoisotopic (exact) mass is 305 g/mol. The molecule has 2 aromatic carbocycles. The van der Waals surface area contributed by atoms with Gasteiger partial charge in [-0.3, -0.25) is 4.79 Å². The van der Waals surface area contributed by atoms with E-state index >= 15 is 0 Å². The number of nitrogens with zero attached hydrogens (tertiary/aromatic N) is 2. The van der Waals surface area contributed by atoms with Gasteiger partial charge in [0.05, 0.1) is 24.1 Å². The highest BCUT2D eigenvalue weighted by Gasteiger charge is 2.14. The summed E-state index contributed by atoms with van der Waals surface area (Å²) in [4.78, 5) is 12.1. The molecule has 0 heterocycles. The van der Waals surface area contributed by atoms with Gasteiger partial charge in [-0.25, -0.2) is 0 Å². The molecule has 0 radical (unpaired) electrons. The Bertz CT molecular complexity index is 753. The second kappa shape index (κ2) is 7.63. The Morgan fingerprint density at radius 3 is 2.35 bits per heavy atom. The molecule has 2 rings (SSSR count). The summed E-state index contributed by atoms with van der Waals surface area (Å²) in [6, 6.07) is 17.8. The minimum absolute atomic E-state index is 0.276. The molecule has 0 aliphatic rings. The van der Waals surface area contributed by atoms with Gasteiger partial charge in [-0.1, -0.05) is 12.1 Å². The van der Waals surface area contributed by atoms with Crippen molar-refractivity contribution >= 4 is 11.6 Å². The maximum Gasteiger partial charge on any atom is 0.265 e. The van der Waals surface area contributed by atoms with Crippen molar-refractivity contribution in [3.63, 3.8) is 0 Å². The molecule has 0 bridgehead atoms. The van der Waals surface area contributed by atoms with Crippen LogP contribution < -0.4 is 10.1 Å². The van der Waals surface area contributed by atoms with E-state index in [9.17, 15) is 4.79 Å². The van der Waals surface area contributed by atoms with Crippen molar-refractivity contribution in [2.24, 2.45) is 0 Å². The van der Waals surface area contributed by atoms with E-state index in [1.54, 1.807) is 55.5 Å². The van der Waals surface area contributed by atoms with Crippen LogP contribution >= 0.6 is 0 Å². The van der Waals surface area contributed by atoms with E-state index in [2.05, 4.69) is 11.4 Å². The van der Waals surface area contributed by atoms with Gasteiger partial charge < -0.3 is 10.1 Å². The lowest BCUT2D eigenvalue weighted by atomic mass is 10.1. The van der Waals surface area contributed by atoms with Gasteiger partial charge in [0.25, 0.3) is 5.91 Å². The molecule has 1 amide bonds. The lowest BCUT2D eigenvalue weighted by Gasteiger charge is -2.15. The third kappa shape index (κ3) is 4.59. The van der Waals surface area contributed by atoms with Crippen molar-refractivity contribution < 1.29 is 9.53 Å². The molecule has 5 nitrogen and oxygen atoms in total. The normalized spacial score (nSPS) is 10.9. The summed E-state index contributed by atoms with van der Waals surface area (Å²) in [5.74, 6) is 0.249. The van der Waals surface area contributed by atoms with Crippen LogP contribution in [0.3, 0.4) is 0 Å². The zero-order valence-corrected chi connectivity index (χ0v) is 12.6. The number of benzene rings is 2. The van der Waals surface area contributed by atoms with Crippen LogP contribution in [0.25, 0.3) is 0 Å². The number of carbonyl (C=O) groups excluding carboxylic acids is 1. The average Bonchev–Trinajstić information content (AvgIpc) is 2.57. The summed E-state index contributed by atoms with van der Waals surface area (Å²) in [7, 11) is 0. The van der Waals surface area contributed by atoms with E-state index in [-0.39, 0.29) is 5.91 Å². The second-order valence-corrected chi connectivity index (χ2v) is 4.92. The molecule has 114 valence electrons. The molecule has 0 saturated carbocycles. The van der Waals surface area contributed by atoms with Gasteiger partial charge in [0.2, 0.25) is 0 Å². The smallest absolute Gasteiger partial charge is 0.265 e. The van der Waals surface area contributed by atoms with Gasteiger partial charge in [-0.05, 0) is 48.9 Å². The molecular weight excluding hydrogens is 290 g/mol. The Morgan fingerprint density at radius 1 is 1.13 bits per heavy atom. The Labute approximate surface area is 134 Å². The van der Waals surface area contributed by atoms with Crippen LogP contribution in [0.5, 0.6) is 5.75 Å². The van der Waals surface area contributed by atoms with Crippen LogP contribution in [0.1, 0.15) is 18.1 Å². The van der Waals surface area contributed by atoms with E-state index in [4.69, 9.17) is 15.3 Å². The van der Waals surface area contributed by atoms with Gasteiger partial charge in [0, 0.05) is 5.69 Å². The van der Waals surface area contributed by atoms with Crippen LogP contribution in [0, 0.1) is 22.7 Å². The van der Waals surface area contributed by atoms with Gasteiger partial charge >= 0.3 is 0 Å². The molecule has 23 heavy (non-hydrogen) atoms. The Morgan fingerprint density at radius 2 is 1.78 bits per heavy atom. The number of hydrogen-bond donors (Lipinski definition) is 1. The minimum Gasteiger partial charge on any atom is -0.481 e. The predicted octanol–water partition coefficient (Wildman–Crippen LogP) is 3.03. The van der Waals surface area contributed by atoms with Crippen LogP contribution in [-0.4, -0.2) is 12.0 Å². The third-order valence-electron chi connectivity index (χ3n) is 3.17. The third-order valence-corrected chi connectivity index (χ3v) is 3.17. The van der Waals surface area contributed by atoms with E-state index in [1.165, 1.54) is 0 Å². The van der Waals surface area contributed by atoms with Crippen molar-refractivity contribution in [2.75, 3.05) is 5.32 Å². The lowest BCUT2D eigenvalue weighted by molar-refractivity contribution is -0.122. The van der Waals surface area contributed by atoms with Crippen molar-refractivity contribution in [2.45, 2.75) is 19.4 Å². The number of hydrogen-bond acceptors (Lipinski definition) is 4. The maximum atomic E-state index is 12.1. The highest BCUT2D eigenvalue weighted by atomic mass is 16.5. The van der Waals surface area contributed by atoms with E-state index in [1.807, 2.05) is 6.07 Å². The Kier molecular flexibility index (Phi) is 5.33. The summed E-state index contributed by atoms with van der Waals surface area (Å²) in [6.45, 7) is 1.65. The van der Waals surface area contributed by atoms with Gasteiger partial charge in [-0.15, -0.1) is 0 Å². The van der Waals surface area contributed by atoms with Gasteiger partial charge in [0.1, 0.15) is 5.75 Å². The fourth-order valence-electron chi connectivity index (χ4n) is 1.91. The molecule has 0 spiro atoms. The first-order chi connectivity index (χ1) is 11.1. The number of ether oxygens (including phenoxy) is 1. The summed E-state index contributed by atoms with van der Waals surface area (Å²) < 4.78 is 5.55. The van der Waals surface area contributed by atoms with Crippen molar-refractivity contribution in [3.8, 4) is 17.9 Å². The minimum atomic E-state index is -0.679. The highest BCUT2D eigenvalue weighted by molar-refractivity contribution is 5.94. The Hall–Kier alpha value is -3.31. The van der Waals surface area contributed by atoms with E-state index < -0.39 is 6.10 Å². The fourth-order valence-corrected chi connectivity index (χ4v) is 1.91. The second-order valence-electron chi connectivity index (χ2n) is 4.92. The number of amides is 1. The molecule has 5 heteroatoms. The summed E-state index contributed by atoms with van der Waals surface area (Å²) in [6.07, 6.45) is -0.339. The molecule has 1 N–H and O–H groups in total. The number of carbonyl (C=O) groups is 1. The SMILES string of the molecule is C[C@H](Oc1ccc(C#N)cc1)C(=O)Nc1ccc(CC#N)cc1. The first-order valence-corrected chi connectivity index (χ1v) is 7.06. The average molecular weight is 305 g/mol. The highest BCUT2D eigenvalue weighted by Crippen LogP contribution is 2.15. The van der Waals surface area contributed by atoms with E-state index in [0.717, 1.165) is 5.56 Å². The maximum absolute atomic E-state index is 12.1. The predicted molar refractivity (Wildman–Crippen MR) is 85.6 cm³/mol. The van der Waals surface area contributed by atoms with Gasteiger partial charge in [-0.2, -0.15) is 10.5 Å². The number of rotatable bonds is 5. The molecule has 0 unspecified atom stereocenters. The van der Waals surface area contributed by atoms with Crippen LogP contribution in [0.4, 0.5) is 5.69 Å². The lowest BCUT2D eigenvalue weighted by Crippen LogP contribution is -2.30. The van der Waals surface area contributed by atoms with Gasteiger partial charge in [0.15, 0.2) is 6.10 Å². The molecule has 0 aliphatic heterocycles. The quantitative estimate of drug-likeness (QED) is 0.920.